The summed E-state index contributed by atoms with van der Waals surface area (Å²) in [7, 11) is 0. The van der Waals surface area contributed by atoms with Gasteiger partial charge in [0.2, 0.25) is 5.13 Å². The van der Waals surface area contributed by atoms with Crippen LogP contribution in [0.25, 0.3) is 11.4 Å². The average Bonchev–Trinajstić information content (AvgIpc) is 3.71. The van der Waals surface area contributed by atoms with Crippen molar-refractivity contribution in [2.45, 2.75) is 30.0 Å². The number of rotatable bonds is 9. The van der Waals surface area contributed by atoms with E-state index in [0.29, 0.717) is 44.4 Å². The van der Waals surface area contributed by atoms with Crippen LogP contribution < -0.4 is 9.64 Å². The number of fused-ring (bicyclic) bond motifs is 1. The smallest absolute Gasteiger partial charge is 0.301 e. The van der Waals surface area contributed by atoms with Crippen LogP contribution in [0.1, 0.15) is 34.1 Å². The first-order chi connectivity index (χ1) is 21.3. The highest BCUT2D eigenvalue weighted by Gasteiger charge is 2.49. The van der Waals surface area contributed by atoms with Crippen LogP contribution in [0, 0.1) is 13.8 Å². The van der Waals surface area contributed by atoms with E-state index in [2.05, 4.69) is 21.8 Å². The van der Waals surface area contributed by atoms with Gasteiger partial charge in [0.05, 0.1) is 17.3 Å². The van der Waals surface area contributed by atoms with Gasteiger partial charge in [0.15, 0.2) is 10.1 Å². The Morgan fingerprint density at radius 1 is 1.11 bits per heavy atom. The highest BCUT2D eigenvalue weighted by molar-refractivity contribution is 8.00. The fourth-order valence-corrected chi connectivity index (χ4v) is 6.95. The lowest BCUT2D eigenvalue weighted by molar-refractivity contribution is -0.132. The van der Waals surface area contributed by atoms with Crippen molar-refractivity contribution in [1.82, 2.24) is 19.6 Å². The average molecular weight is 644 g/mol. The van der Waals surface area contributed by atoms with Gasteiger partial charge in [0.1, 0.15) is 23.7 Å². The van der Waals surface area contributed by atoms with Crippen molar-refractivity contribution in [1.29, 1.82) is 0 Å². The van der Waals surface area contributed by atoms with Gasteiger partial charge in [0.25, 0.3) is 5.78 Å². The number of nitrogens with zero attached hydrogens (tertiary/aromatic N) is 5. The number of ketones is 1. The van der Waals surface area contributed by atoms with Crippen molar-refractivity contribution in [3.05, 3.63) is 118 Å². The SMILES string of the molecule is C=CCOc1ccc(C2/C(=C(\O)c3nc4c(C)cccn4c3C)C(=O)C(=O)N2c2nnc(SCc3ccc(Cl)cc3)s2)cc1. The number of carbonyl (C=O) groups excluding carboxylic acids is 2. The monoisotopic (exact) mass is 643 g/mol. The number of halogens is 1. The quantitative estimate of drug-likeness (QED) is 0.0459. The summed E-state index contributed by atoms with van der Waals surface area (Å²) in [5.41, 5.74) is 3.96. The number of aliphatic hydroxyl groups excluding tert-OH is 1. The first-order valence-electron chi connectivity index (χ1n) is 13.6. The fourth-order valence-electron chi connectivity index (χ4n) is 5.00. The number of Topliss-reactive ketones (excluding diaryl/α,β-unsaturated/α-hetero) is 1. The molecule has 0 radical (unpaired) electrons. The van der Waals surface area contributed by atoms with E-state index in [1.165, 1.54) is 28.0 Å². The number of hydrogen-bond acceptors (Lipinski definition) is 9. The van der Waals surface area contributed by atoms with Crippen molar-refractivity contribution in [3.63, 3.8) is 0 Å². The van der Waals surface area contributed by atoms with Gasteiger partial charge in [-0.05, 0) is 60.9 Å². The predicted molar refractivity (Wildman–Crippen MR) is 173 cm³/mol. The summed E-state index contributed by atoms with van der Waals surface area (Å²) in [5.74, 6) is -0.795. The molecule has 1 saturated heterocycles. The van der Waals surface area contributed by atoms with Gasteiger partial charge in [-0.2, -0.15) is 0 Å². The van der Waals surface area contributed by atoms with E-state index in [1.807, 2.05) is 53.9 Å². The van der Waals surface area contributed by atoms with Crippen molar-refractivity contribution in [2.75, 3.05) is 11.5 Å². The molecule has 1 unspecified atom stereocenters. The maximum Gasteiger partial charge on any atom is 0.301 e. The zero-order chi connectivity index (χ0) is 31.0. The van der Waals surface area contributed by atoms with Crippen LogP contribution in [-0.4, -0.2) is 43.0 Å². The Morgan fingerprint density at radius 2 is 1.86 bits per heavy atom. The lowest BCUT2D eigenvalue weighted by Crippen LogP contribution is -2.29. The molecule has 9 nitrogen and oxygen atoms in total. The first kappa shape index (κ1) is 29.6. The summed E-state index contributed by atoms with van der Waals surface area (Å²) in [5, 5.41) is 21.2. The molecule has 1 fully saturated rings. The second kappa shape index (κ2) is 12.3. The molecule has 0 bridgehead atoms. The van der Waals surface area contributed by atoms with Gasteiger partial charge in [-0.1, -0.05) is 77.7 Å². The number of carbonyl (C=O) groups is 2. The van der Waals surface area contributed by atoms with Crippen molar-refractivity contribution in [3.8, 4) is 5.75 Å². The van der Waals surface area contributed by atoms with Crippen LogP contribution in [0.2, 0.25) is 5.02 Å². The zero-order valence-electron chi connectivity index (χ0n) is 23.7. The zero-order valence-corrected chi connectivity index (χ0v) is 26.1. The highest BCUT2D eigenvalue weighted by Crippen LogP contribution is 2.44. The number of hydrogen-bond donors (Lipinski definition) is 1. The number of aromatic nitrogens is 4. The standard InChI is InChI=1S/C32H26ClN5O4S2/c1-4-16-42-23-13-9-21(10-14-23)26-24(27(39)25-19(3)37-15-5-6-18(2)29(37)34-25)28(40)30(41)38(26)31-35-36-32(44-31)43-17-20-7-11-22(33)12-8-20/h4-15,26,39H,1,16-17H2,2-3H3/b27-24+. The minimum absolute atomic E-state index is 0.0792. The number of amides is 1. The van der Waals surface area contributed by atoms with Crippen LogP contribution in [-0.2, 0) is 15.3 Å². The molecule has 2 aromatic carbocycles. The van der Waals surface area contributed by atoms with Gasteiger partial charge < -0.3 is 14.2 Å². The molecule has 5 aromatic rings. The second-order valence-corrected chi connectivity index (χ2v) is 12.6. The lowest BCUT2D eigenvalue weighted by Gasteiger charge is -2.22. The summed E-state index contributed by atoms with van der Waals surface area (Å²) in [6, 6.07) is 17.3. The van der Waals surface area contributed by atoms with E-state index < -0.39 is 17.7 Å². The molecule has 6 rings (SSSR count). The molecule has 1 atom stereocenters. The molecule has 1 aliphatic heterocycles. The van der Waals surface area contributed by atoms with Gasteiger partial charge in [-0.15, -0.1) is 10.2 Å². The Balaban J connectivity index is 1.42. The van der Waals surface area contributed by atoms with Gasteiger partial charge in [-0.3, -0.25) is 14.5 Å². The molecular formula is C32H26ClN5O4S2. The number of pyridine rings is 1. The molecule has 3 aromatic heterocycles. The summed E-state index contributed by atoms with van der Waals surface area (Å²) >= 11 is 8.66. The molecule has 4 heterocycles. The number of benzene rings is 2. The Morgan fingerprint density at radius 3 is 2.57 bits per heavy atom. The normalized spacial score (nSPS) is 16.2. The van der Waals surface area contributed by atoms with Crippen LogP contribution in [0.3, 0.4) is 0 Å². The summed E-state index contributed by atoms with van der Waals surface area (Å²) in [4.78, 5) is 33.3. The summed E-state index contributed by atoms with van der Waals surface area (Å²) < 4.78 is 8.10. The van der Waals surface area contributed by atoms with Crippen LogP contribution >= 0.6 is 34.7 Å². The molecule has 44 heavy (non-hydrogen) atoms. The predicted octanol–water partition coefficient (Wildman–Crippen LogP) is 6.94. The van der Waals surface area contributed by atoms with Crippen LogP contribution in [0.5, 0.6) is 5.75 Å². The molecule has 0 saturated carbocycles. The van der Waals surface area contributed by atoms with Crippen LogP contribution in [0.15, 0.2) is 89.4 Å². The number of aliphatic hydroxyl groups is 1. The van der Waals surface area contributed by atoms with E-state index >= 15 is 0 Å². The summed E-state index contributed by atoms with van der Waals surface area (Å²) in [6.07, 6.45) is 3.48. The highest BCUT2D eigenvalue weighted by atomic mass is 35.5. The van der Waals surface area contributed by atoms with E-state index in [1.54, 1.807) is 37.3 Å². The van der Waals surface area contributed by atoms with Crippen molar-refractivity contribution < 1.29 is 19.4 Å². The second-order valence-electron chi connectivity index (χ2n) is 10.0. The third-order valence-electron chi connectivity index (χ3n) is 7.19. The topological polar surface area (TPSA) is 110 Å². The minimum atomic E-state index is -0.976. The molecule has 1 amide bonds. The first-order valence-corrected chi connectivity index (χ1v) is 15.7. The lowest BCUT2D eigenvalue weighted by atomic mass is 9.96. The Kier molecular flexibility index (Phi) is 8.26. The molecule has 0 spiro atoms. The third kappa shape index (κ3) is 5.49. The minimum Gasteiger partial charge on any atom is -0.505 e. The number of ether oxygens (including phenoxy) is 1. The Bertz CT molecular complexity index is 1930. The molecular weight excluding hydrogens is 618 g/mol. The van der Waals surface area contributed by atoms with Crippen LogP contribution in [0.4, 0.5) is 5.13 Å². The van der Waals surface area contributed by atoms with Gasteiger partial charge in [0, 0.05) is 17.0 Å². The summed E-state index contributed by atoms with van der Waals surface area (Å²) in [6.45, 7) is 7.72. The molecule has 1 N–H and O–H groups in total. The third-order valence-corrected chi connectivity index (χ3v) is 9.57. The molecule has 222 valence electrons. The van der Waals surface area contributed by atoms with Crippen molar-refractivity contribution in [2.24, 2.45) is 0 Å². The fraction of sp³-hybridized carbons (Fsp3) is 0.156. The number of anilines is 1. The maximum atomic E-state index is 13.7. The number of thioether (sulfide) groups is 1. The van der Waals surface area contributed by atoms with Crippen molar-refractivity contribution >= 4 is 62.9 Å². The van der Waals surface area contributed by atoms with Gasteiger partial charge in [-0.25, -0.2) is 4.98 Å². The van der Waals surface area contributed by atoms with Gasteiger partial charge >= 0.3 is 5.91 Å². The Labute approximate surface area is 266 Å². The number of aryl methyl sites for hydroxylation is 2. The number of imidazole rings is 1. The molecule has 12 heteroatoms. The van der Waals surface area contributed by atoms with E-state index in [0.717, 1.165) is 11.1 Å². The molecule has 1 aliphatic rings. The Hall–Kier alpha value is -4.45. The largest absolute Gasteiger partial charge is 0.505 e. The molecule has 0 aliphatic carbocycles. The van der Waals surface area contributed by atoms with E-state index in [9.17, 15) is 14.7 Å². The van der Waals surface area contributed by atoms with E-state index in [4.69, 9.17) is 16.3 Å². The maximum absolute atomic E-state index is 13.7. The van der Waals surface area contributed by atoms with E-state index in [-0.39, 0.29) is 22.2 Å².